The first-order valence-electron chi connectivity index (χ1n) is 9.26. The molecule has 1 atom stereocenters. The third-order valence-corrected chi connectivity index (χ3v) is 5.22. The van der Waals surface area contributed by atoms with Gasteiger partial charge in [-0.3, -0.25) is 9.89 Å². The SMILES string of the molecule is O=C(c1cc(Cn2ccc3ccccc32)[nH]n1)N1CCCCC1CCO. The van der Waals surface area contributed by atoms with Crippen molar-refractivity contribution in [2.24, 2.45) is 0 Å². The van der Waals surface area contributed by atoms with Crippen LogP contribution in [0.1, 0.15) is 41.9 Å². The number of para-hydroxylation sites is 1. The number of nitrogens with zero attached hydrogens (tertiary/aromatic N) is 3. The standard InChI is InChI=1S/C20H24N4O2/c25-12-9-17-6-3-4-10-24(17)20(26)18-13-16(21-22-18)14-23-11-8-15-5-1-2-7-19(15)23/h1-2,5,7-8,11,13,17,25H,3-4,6,9-10,12,14H2,(H,21,22). The van der Waals surface area contributed by atoms with Gasteiger partial charge in [-0.1, -0.05) is 18.2 Å². The Kier molecular flexibility index (Phi) is 4.75. The molecule has 0 saturated carbocycles. The first kappa shape index (κ1) is 16.8. The molecule has 1 unspecified atom stereocenters. The van der Waals surface area contributed by atoms with Crippen LogP contribution in [-0.2, 0) is 6.54 Å². The highest BCUT2D eigenvalue weighted by Gasteiger charge is 2.28. The summed E-state index contributed by atoms with van der Waals surface area (Å²) in [5.74, 6) is -0.0389. The summed E-state index contributed by atoms with van der Waals surface area (Å²) >= 11 is 0. The van der Waals surface area contributed by atoms with Crippen LogP contribution in [0.25, 0.3) is 10.9 Å². The molecule has 1 aromatic carbocycles. The smallest absolute Gasteiger partial charge is 0.274 e. The van der Waals surface area contributed by atoms with E-state index < -0.39 is 0 Å². The highest BCUT2D eigenvalue weighted by molar-refractivity contribution is 5.92. The quantitative estimate of drug-likeness (QED) is 0.741. The van der Waals surface area contributed by atoms with Gasteiger partial charge in [0.1, 0.15) is 5.69 Å². The van der Waals surface area contributed by atoms with Crippen molar-refractivity contribution in [1.29, 1.82) is 0 Å². The van der Waals surface area contributed by atoms with Crippen LogP contribution in [0.4, 0.5) is 0 Å². The van der Waals surface area contributed by atoms with Gasteiger partial charge in [-0.2, -0.15) is 5.10 Å². The van der Waals surface area contributed by atoms with Gasteiger partial charge in [0.2, 0.25) is 0 Å². The van der Waals surface area contributed by atoms with Crippen LogP contribution in [0.15, 0.2) is 42.6 Å². The number of amides is 1. The van der Waals surface area contributed by atoms with Gasteiger partial charge in [-0.15, -0.1) is 0 Å². The zero-order valence-corrected chi connectivity index (χ0v) is 14.8. The van der Waals surface area contributed by atoms with Crippen molar-refractivity contribution in [3.63, 3.8) is 0 Å². The lowest BCUT2D eigenvalue weighted by molar-refractivity contribution is 0.0568. The molecule has 1 fully saturated rings. The van der Waals surface area contributed by atoms with Crippen molar-refractivity contribution >= 4 is 16.8 Å². The maximum Gasteiger partial charge on any atom is 0.274 e. The van der Waals surface area contributed by atoms with Crippen LogP contribution in [0.3, 0.4) is 0 Å². The first-order valence-corrected chi connectivity index (χ1v) is 9.26. The maximum atomic E-state index is 12.9. The van der Waals surface area contributed by atoms with E-state index in [1.165, 1.54) is 5.39 Å². The van der Waals surface area contributed by atoms with Crippen LogP contribution in [0, 0.1) is 0 Å². The van der Waals surface area contributed by atoms with Crippen molar-refractivity contribution < 1.29 is 9.90 Å². The molecule has 3 aromatic rings. The fourth-order valence-electron chi connectivity index (χ4n) is 3.88. The second kappa shape index (κ2) is 7.33. The molecule has 0 bridgehead atoms. The molecule has 2 aromatic heterocycles. The number of carbonyl (C=O) groups is 1. The number of H-pyrrole nitrogens is 1. The minimum absolute atomic E-state index is 0.0389. The topological polar surface area (TPSA) is 74.2 Å². The van der Waals surface area contributed by atoms with E-state index in [0.29, 0.717) is 18.7 Å². The highest BCUT2D eigenvalue weighted by atomic mass is 16.3. The first-order chi connectivity index (χ1) is 12.8. The Hall–Kier alpha value is -2.60. The van der Waals surface area contributed by atoms with Gasteiger partial charge in [0.15, 0.2) is 0 Å². The second-order valence-corrected chi connectivity index (χ2v) is 6.94. The van der Waals surface area contributed by atoms with Crippen LogP contribution in [-0.4, -0.2) is 49.9 Å². The molecule has 136 valence electrons. The highest BCUT2D eigenvalue weighted by Crippen LogP contribution is 2.22. The van der Waals surface area contributed by atoms with Gasteiger partial charge in [0, 0.05) is 30.9 Å². The summed E-state index contributed by atoms with van der Waals surface area (Å²) in [6, 6.07) is 12.3. The van der Waals surface area contributed by atoms with E-state index in [-0.39, 0.29) is 18.6 Å². The van der Waals surface area contributed by atoms with Gasteiger partial charge >= 0.3 is 0 Å². The third-order valence-electron chi connectivity index (χ3n) is 5.22. The number of fused-ring (bicyclic) bond motifs is 1. The largest absolute Gasteiger partial charge is 0.396 e. The number of hydrogen-bond donors (Lipinski definition) is 2. The minimum atomic E-state index is -0.0389. The molecule has 26 heavy (non-hydrogen) atoms. The van der Waals surface area contributed by atoms with E-state index in [1.54, 1.807) is 0 Å². The molecule has 4 rings (SSSR count). The zero-order chi connectivity index (χ0) is 17.9. The Balaban J connectivity index is 1.51. The number of aromatic nitrogens is 3. The lowest BCUT2D eigenvalue weighted by atomic mass is 9.99. The predicted molar refractivity (Wildman–Crippen MR) is 100 cm³/mol. The normalized spacial score (nSPS) is 17.7. The summed E-state index contributed by atoms with van der Waals surface area (Å²) in [4.78, 5) is 14.7. The monoisotopic (exact) mass is 352 g/mol. The summed E-state index contributed by atoms with van der Waals surface area (Å²) in [6.07, 6.45) is 5.77. The van der Waals surface area contributed by atoms with E-state index in [2.05, 4.69) is 39.2 Å². The fraction of sp³-hybridized carbons (Fsp3) is 0.400. The molecule has 0 spiro atoms. The maximum absolute atomic E-state index is 12.9. The number of aliphatic hydroxyl groups excluding tert-OH is 1. The van der Waals surface area contributed by atoms with E-state index in [4.69, 9.17) is 0 Å². The van der Waals surface area contributed by atoms with Gasteiger partial charge in [0.25, 0.3) is 5.91 Å². The Morgan fingerprint density at radius 3 is 3.04 bits per heavy atom. The van der Waals surface area contributed by atoms with E-state index in [0.717, 1.165) is 37.0 Å². The van der Waals surface area contributed by atoms with Crippen molar-refractivity contribution in [2.75, 3.05) is 13.2 Å². The number of piperidine rings is 1. The van der Waals surface area contributed by atoms with Crippen LogP contribution < -0.4 is 0 Å². The summed E-state index contributed by atoms with van der Waals surface area (Å²) in [7, 11) is 0. The van der Waals surface area contributed by atoms with Crippen molar-refractivity contribution in [1.82, 2.24) is 19.7 Å². The average molecular weight is 352 g/mol. The molecule has 1 saturated heterocycles. The molecule has 2 N–H and O–H groups in total. The van der Waals surface area contributed by atoms with Gasteiger partial charge in [-0.05, 0) is 49.3 Å². The van der Waals surface area contributed by atoms with Gasteiger partial charge < -0.3 is 14.6 Å². The molecular formula is C20H24N4O2. The molecule has 0 radical (unpaired) electrons. The molecule has 3 heterocycles. The Bertz CT molecular complexity index is 896. The Labute approximate surface area is 152 Å². The molecule has 1 aliphatic heterocycles. The van der Waals surface area contributed by atoms with Crippen molar-refractivity contribution in [3.05, 3.63) is 54.0 Å². The number of rotatable bonds is 5. The number of aliphatic hydroxyl groups is 1. The van der Waals surface area contributed by atoms with E-state index in [1.807, 2.05) is 23.1 Å². The number of hydrogen-bond acceptors (Lipinski definition) is 3. The van der Waals surface area contributed by atoms with E-state index >= 15 is 0 Å². The van der Waals surface area contributed by atoms with Crippen molar-refractivity contribution in [3.8, 4) is 0 Å². The van der Waals surface area contributed by atoms with Crippen LogP contribution >= 0.6 is 0 Å². The molecule has 1 aliphatic rings. The Morgan fingerprint density at radius 2 is 2.15 bits per heavy atom. The molecule has 6 heteroatoms. The fourth-order valence-corrected chi connectivity index (χ4v) is 3.88. The summed E-state index contributed by atoms with van der Waals surface area (Å²) in [5, 5.41) is 17.7. The molecule has 1 amide bonds. The van der Waals surface area contributed by atoms with Gasteiger partial charge in [0.05, 0.1) is 12.2 Å². The third kappa shape index (κ3) is 3.24. The summed E-state index contributed by atoms with van der Waals surface area (Å²) < 4.78 is 2.15. The van der Waals surface area contributed by atoms with Crippen molar-refractivity contribution in [2.45, 2.75) is 38.3 Å². The van der Waals surface area contributed by atoms with Crippen LogP contribution in [0.2, 0.25) is 0 Å². The second-order valence-electron chi connectivity index (χ2n) is 6.94. The molecular weight excluding hydrogens is 328 g/mol. The number of benzene rings is 1. The summed E-state index contributed by atoms with van der Waals surface area (Å²) in [6.45, 7) is 1.50. The average Bonchev–Trinajstić information content (AvgIpc) is 3.30. The lowest BCUT2D eigenvalue weighted by Gasteiger charge is -2.35. The van der Waals surface area contributed by atoms with Gasteiger partial charge in [-0.25, -0.2) is 0 Å². The zero-order valence-electron chi connectivity index (χ0n) is 14.8. The Morgan fingerprint density at radius 1 is 1.27 bits per heavy atom. The van der Waals surface area contributed by atoms with Crippen LogP contribution in [0.5, 0.6) is 0 Å². The summed E-state index contributed by atoms with van der Waals surface area (Å²) in [5.41, 5.74) is 2.53. The number of carbonyl (C=O) groups excluding carboxylic acids is 1. The number of likely N-dealkylation sites (tertiary alicyclic amines) is 1. The van der Waals surface area contributed by atoms with E-state index in [9.17, 15) is 9.90 Å². The number of nitrogens with one attached hydrogen (secondary N) is 1. The minimum Gasteiger partial charge on any atom is -0.396 e. The molecule has 0 aliphatic carbocycles. The molecule has 6 nitrogen and oxygen atoms in total. The lowest BCUT2D eigenvalue weighted by Crippen LogP contribution is -2.44. The predicted octanol–water partition coefficient (Wildman–Crippen LogP) is 2.79. The number of aromatic amines is 1.